The van der Waals surface area contributed by atoms with Gasteiger partial charge in [-0.25, -0.2) is 9.45 Å². The zero-order chi connectivity index (χ0) is 20.6. The maximum absolute atomic E-state index is 10.3. The van der Waals surface area contributed by atoms with Gasteiger partial charge in [0.15, 0.2) is 0 Å². The first kappa shape index (κ1) is 33.7. The van der Waals surface area contributed by atoms with Crippen LogP contribution in [0.15, 0.2) is 0 Å². The van der Waals surface area contributed by atoms with Crippen LogP contribution in [-0.4, -0.2) is 23.0 Å². The second kappa shape index (κ2) is 28.0. The first-order chi connectivity index (χ1) is 13.0. The molecule has 2 N–H and O–H groups in total. The van der Waals surface area contributed by atoms with Gasteiger partial charge in [0.1, 0.15) is 0 Å². The fourth-order valence-electron chi connectivity index (χ4n) is 2.61. The summed E-state index contributed by atoms with van der Waals surface area (Å²) in [6.07, 6.45) is 19.7. The standard InChI is InChI=1S/C16H35O5P.C4H9O.Na/c1-2-3-4-5-6-7-8-9-10-11-12-13-14-15-16-20-21-22(17,18)19;1-2-3-4-5;/h2-16H2,1H3,(H2,17,18,19);2-4H2,1H3;/q;-1;+1. The predicted molar refractivity (Wildman–Crippen MR) is 109 cm³/mol. The van der Waals surface area contributed by atoms with Crippen molar-refractivity contribution in [2.75, 3.05) is 13.2 Å². The van der Waals surface area contributed by atoms with E-state index in [1.54, 1.807) is 0 Å². The summed E-state index contributed by atoms with van der Waals surface area (Å²) in [5.41, 5.74) is 0. The van der Waals surface area contributed by atoms with E-state index in [1.807, 2.05) is 6.92 Å². The third-order valence-electron chi connectivity index (χ3n) is 4.23. The number of hydrogen-bond donors (Lipinski definition) is 2. The SMILES string of the molecule is CCCCCCCCCCCCCCCCOOP(=O)(O)O.CCCC[O-].[Na+]. The second-order valence-corrected chi connectivity index (χ2v) is 8.17. The molecule has 0 saturated carbocycles. The smallest absolute Gasteiger partial charge is 0.854 e. The van der Waals surface area contributed by atoms with Crippen molar-refractivity contribution >= 4 is 7.82 Å². The molecule has 0 aliphatic carbocycles. The molecular weight excluding hydrogens is 390 g/mol. The average molecular weight is 435 g/mol. The largest absolute Gasteiger partial charge is 1.00 e. The van der Waals surface area contributed by atoms with Gasteiger partial charge in [-0.1, -0.05) is 110 Å². The van der Waals surface area contributed by atoms with E-state index in [-0.39, 0.29) is 42.8 Å². The molecule has 0 aliphatic rings. The molecule has 0 radical (unpaired) electrons. The summed E-state index contributed by atoms with van der Waals surface area (Å²) in [6.45, 7) is 4.60. The fourth-order valence-corrected chi connectivity index (χ4v) is 2.82. The Hall–Kier alpha value is 1.03. The molecule has 28 heavy (non-hydrogen) atoms. The van der Waals surface area contributed by atoms with Gasteiger partial charge in [-0.3, -0.25) is 0 Å². The number of phosphoric acid groups is 1. The molecular formula is C20H44NaO6P. The quantitative estimate of drug-likeness (QED) is 0.107. The minimum Gasteiger partial charge on any atom is -0.854 e. The van der Waals surface area contributed by atoms with Crippen LogP contribution < -0.4 is 34.7 Å². The molecule has 0 aliphatic heterocycles. The summed E-state index contributed by atoms with van der Waals surface area (Å²) in [7, 11) is -4.48. The van der Waals surface area contributed by atoms with Crippen LogP contribution in [0.1, 0.15) is 117 Å². The maximum Gasteiger partial charge on any atom is 1.00 e. The molecule has 0 heterocycles. The molecule has 0 atom stereocenters. The van der Waals surface area contributed by atoms with Crippen LogP contribution in [0.3, 0.4) is 0 Å². The van der Waals surface area contributed by atoms with Crippen LogP contribution in [0.4, 0.5) is 0 Å². The summed E-state index contributed by atoms with van der Waals surface area (Å²) in [5, 5.41) is 9.53. The summed E-state index contributed by atoms with van der Waals surface area (Å²) < 4.78 is 14.2. The van der Waals surface area contributed by atoms with Gasteiger partial charge in [-0.2, -0.15) is 0 Å². The number of unbranched alkanes of at least 4 members (excludes halogenated alkanes) is 14. The summed E-state index contributed by atoms with van der Waals surface area (Å²) >= 11 is 0. The third-order valence-corrected chi connectivity index (χ3v) is 4.53. The summed E-state index contributed by atoms with van der Waals surface area (Å²) in [4.78, 5) is 21.2. The molecule has 0 amide bonds. The van der Waals surface area contributed by atoms with E-state index in [0.717, 1.165) is 32.1 Å². The van der Waals surface area contributed by atoms with Gasteiger partial charge in [0.05, 0.1) is 6.61 Å². The van der Waals surface area contributed by atoms with Gasteiger partial charge >= 0.3 is 37.4 Å². The molecule has 0 unspecified atom stereocenters. The van der Waals surface area contributed by atoms with Crippen molar-refractivity contribution in [1.82, 2.24) is 0 Å². The minimum absolute atomic E-state index is 0. The first-order valence-electron chi connectivity index (χ1n) is 10.9. The topological polar surface area (TPSA) is 99.1 Å². The van der Waals surface area contributed by atoms with Gasteiger partial charge < -0.3 is 14.9 Å². The van der Waals surface area contributed by atoms with E-state index < -0.39 is 7.82 Å². The Kier molecular flexibility index (Phi) is 33.7. The summed E-state index contributed by atoms with van der Waals surface area (Å²) in [5.74, 6) is 0. The third kappa shape index (κ3) is 37.7. The Morgan fingerprint density at radius 2 is 1.04 bits per heavy atom. The Bertz CT molecular complexity index is 313. The molecule has 0 rings (SSSR count). The molecule has 8 heteroatoms. The van der Waals surface area contributed by atoms with Crippen molar-refractivity contribution in [1.29, 1.82) is 0 Å². The Balaban J connectivity index is -0.000000918. The van der Waals surface area contributed by atoms with E-state index in [4.69, 9.17) is 9.79 Å². The average Bonchev–Trinajstić information content (AvgIpc) is 2.62. The second-order valence-electron chi connectivity index (χ2n) is 7.04. The molecule has 6 nitrogen and oxygen atoms in total. The van der Waals surface area contributed by atoms with Crippen LogP contribution in [-0.2, 0) is 14.1 Å². The Labute approximate surface area is 195 Å². The normalized spacial score (nSPS) is 10.9. The fraction of sp³-hybridized carbons (Fsp3) is 1.00. The molecule has 166 valence electrons. The van der Waals surface area contributed by atoms with Crippen LogP contribution in [0.5, 0.6) is 0 Å². The zero-order valence-corrected chi connectivity index (χ0v) is 21.6. The number of hydrogen-bond acceptors (Lipinski definition) is 4. The first-order valence-corrected chi connectivity index (χ1v) is 12.5. The van der Waals surface area contributed by atoms with Gasteiger partial charge in [-0.15, -0.1) is 11.3 Å². The maximum atomic E-state index is 10.3. The molecule has 0 aromatic heterocycles. The molecule has 0 aromatic carbocycles. The molecule has 0 bridgehead atoms. The predicted octanol–water partition coefficient (Wildman–Crippen LogP) is 2.66. The van der Waals surface area contributed by atoms with Crippen LogP contribution >= 0.6 is 7.82 Å². The number of rotatable bonds is 19. The van der Waals surface area contributed by atoms with Gasteiger partial charge in [0, 0.05) is 0 Å². The van der Waals surface area contributed by atoms with Crippen molar-refractivity contribution < 1.29 is 58.6 Å². The Morgan fingerprint density at radius 3 is 1.32 bits per heavy atom. The molecule has 0 spiro atoms. The Morgan fingerprint density at radius 1 is 0.679 bits per heavy atom. The van der Waals surface area contributed by atoms with Crippen LogP contribution in [0.25, 0.3) is 0 Å². The molecule has 0 aromatic rings. The van der Waals surface area contributed by atoms with E-state index >= 15 is 0 Å². The van der Waals surface area contributed by atoms with Crippen molar-refractivity contribution in [3.8, 4) is 0 Å². The minimum atomic E-state index is -4.48. The van der Waals surface area contributed by atoms with Crippen molar-refractivity contribution in [3.63, 3.8) is 0 Å². The van der Waals surface area contributed by atoms with E-state index in [0.29, 0.717) is 0 Å². The van der Waals surface area contributed by atoms with Crippen LogP contribution in [0, 0.1) is 0 Å². The van der Waals surface area contributed by atoms with Crippen molar-refractivity contribution in [2.24, 2.45) is 0 Å². The molecule has 0 saturated heterocycles. The summed E-state index contributed by atoms with van der Waals surface area (Å²) in [6, 6.07) is 0. The zero-order valence-electron chi connectivity index (χ0n) is 18.7. The van der Waals surface area contributed by atoms with Crippen LogP contribution in [0.2, 0.25) is 0 Å². The van der Waals surface area contributed by atoms with Crippen molar-refractivity contribution in [2.45, 2.75) is 117 Å². The monoisotopic (exact) mass is 434 g/mol. The van der Waals surface area contributed by atoms with Crippen molar-refractivity contribution in [3.05, 3.63) is 0 Å². The van der Waals surface area contributed by atoms with Gasteiger partial charge in [-0.05, 0) is 6.42 Å². The van der Waals surface area contributed by atoms with Gasteiger partial charge in [0.25, 0.3) is 0 Å². The van der Waals surface area contributed by atoms with Gasteiger partial charge in [0.2, 0.25) is 0 Å². The molecule has 0 fully saturated rings. The van der Waals surface area contributed by atoms with E-state index in [9.17, 15) is 9.67 Å². The van der Waals surface area contributed by atoms with E-state index in [1.165, 1.54) is 70.6 Å². The van der Waals surface area contributed by atoms with E-state index in [2.05, 4.69) is 16.5 Å².